The topological polar surface area (TPSA) is 94.5 Å². The van der Waals surface area contributed by atoms with Gasteiger partial charge in [0, 0.05) is 20.1 Å². The van der Waals surface area contributed by atoms with Crippen molar-refractivity contribution in [3.8, 4) is 0 Å². The molecular formula is C20H24N6O2. The second kappa shape index (κ2) is 6.41. The first-order valence-corrected chi connectivity index (χ1v) is 9.93. The van der Waals surface area contributed by atoms with E-state index < -0.39 is 5.41 Å². The largest absolute Gasteiger partial charge is 0.388 e. The first kappa shape index (κ1) is 17.4. The maximum atomic E-state index is 13.3. The molecule has 5 rings (SSSR count). The summed E-state index contributed by atoms with van der Waals surface area (Å²) in [5.74, 6) is 2.47. The summed E-state index contributed by atoms with van der Waals surface area (Å²) in [6.45, 7) is 1.78. The van der Waals surface area contributed by atoms with Crippen molar-refractivity contribution in [1.29, 1.82) is 0 Å². The molecule has 2 aliphatic heterocycles. The standard InChI is InChI=1S/C20H24N6O2/c1-21-17-16-18(24-14(12-27)23-17)26(19(28)20(16)7-8-20)13-5-6-15(22-11-13)25-9-3-2-4-10-25/h5-6,11,27H,2-4,7-10,12H2,1H3,(H,21,23,24). The summed E-state index contributed by atoms with van der Waals surface area (Å²) in [5.41, 5.74) is 1.02. The van der Waals surface area contributed by atoms with Crippen LogP contribution in [0.4, 0.5) is 23.1 Å². The fourth-order valence-corrected chi connectivity index (χ4v) is 4.41. The highest BCUT2D eigenvalue weighted by Gasteiger charge is 2.62. The highest BCUT2D eigenvalue weighted by Crippen LogP contribution is 2.60. The molecule has 1 spiro atoms. The molecule has 0 unspecified atom stereocenters. The van der Waals surface area contributed by atoms with Gasteiger partial charge >= 0.3 is 0 Å². The molecule has 1 saturated carbocycles. The van der Waals surface area contributed by atoms with E-state index in [9.17, 15) is 9.90 Å². The van der Waals surface area contributed by atoms with E-state index in [-0.39, 0.29) is 12.5 Å². The molecule has 0 aromatic carbocycles. The fraction of sp³-hybridized carbons (Fsp3) is 0.500. The zero-order chi connectivity index (χ0) is 19.3. The van der Waals surface area contributed by atoms with E-state index in [1.807, 2.05) is 12.1 Å². The number of rotatable bonds is 4. The minimum absolute atomic E-state index is 0.0240. The lowest BCUT2D eigenvalue weighted by Crippen LogP contribution is -2.31. The summed E-state index contributed by atoms with van der Waals surface area (Å²) in [6, 6.07) is 3.93. The average molecular weight is 380 g/mol. The van der Waals surface area contributed by atoms with Crippen molar-refractivity contribution >= 4 is 29.0 Å². The Morgan fingerprint density at radius 2 is 1.96 bits per heavy atom. The predicted molar refractivity (Wildman–Crippen MR) is 106 cm³/mol. The van der Waals surface area contributed by atoms with Gasteiger partial charge in [-0.15, -0.1) is 0 Å². The molecule has 0 atom stereocenters. The molecule has 2 fully saturated rings. The summed E-state index contributed by atoms with van der Waals surface area (Å²) in [4.78, 5) is 30.8. The van der Waals surface area contributed by atoms with Gasteiger partial charge in [-0.1, -0.05) is 0 Å². The first-order chi connectivity index (χ1) is 13.7. The number of fused-ring (bicyclic) bond motifs is 2. The molecular weight excluding hydrogens is 356 g/mol. The van der Waals surface area contributed by atoms with Gasteiger partial charge in [0.2, 0.25) is 5.91 Å². The minimum atomic E-state index is -0.535. The van der Waals surface area contributed by atoms with Crippen molar-refractivity contribution in [1.82, 2.24) is 15.0 Å². The van der Waals surface area contributed by atoms with Crippen LogP contribution in [-0.4, -0.2) is 46.1 Å². The van der Waals surface area contributed by atoms with E-state index in [1.54, 1.807) is 18.1 Å². The van der Waals surface area contributed by atoms with Crippen LogP contribution in [0.5, 0.6) is 0 Å². The smallest absolute Gasteiger partial charge is 0.243 e. The van der Waals surface area contributed by atoms with E-state index >= 15 is 0 Å². The summed E-state index contributed by atoms with van der Waals surface area (Å²) in [6.07, 6.45) is 7.01. The number of carbonyl (C=O) groups excluding carboxylic acids is 1. The summed E-state index contributed by atoms with van der Waals surface area (Å²) in [5, 5.41) is 12.6. The normalized spacial score (nSPS) is 19.9. The number of hydrogen-bond donors (Lipinski definition) is 2. The molecule has 1 saturated heterocycles. The SMILES string of the molecule is CNc1nc(CO)nc2c1C1(CC1)C(=O)N2c1ccc(N2CCCCC2)nc1. The number of aromatic nitrogens is 3. The van der Waals surface area contributed by atoms with E-state index in [0.29, 0.717) is 23.1 Å². The van der Waals surface area contributed by atoms with Gasteiger partial charge < -0.3 is 15.3 Å². The van der Waals surface area contributed by atoms with Crippen molar-refractivity contribution in [3.63, 3.8) is 0 Å². The second-order valence-corrected chi connectivity index (χ2v) is 7.74. The van der Waals surface area contributed by atoms with Gasteiger partial charge in [-0.25, -0.2) is 15.0 Å². The van der Waals surface area contributed by atoms with Gasteiger partial charge in [0.15, 0.2) is 5.82 Å². The molecule has 2 aromatic heterocycles. The Hall–Kier alpha value is -2.74. The molecule has 0 bridgehead atoms. The van der Waals surface area contributed by atoms with Crippen molar-refractivity contribution in [2.24, 2.45) is 0 Å². The van der Waals surface area contributed by atoms with Crippen LogP contribution >= 0.6 is 0 Å². The quantitative estimate of drug-likeness (QED) is 0.839. The van der Waals surface area contributed by atoms with Crippen molar-refractivity contribution in [2.75, 3.05) is 35.3 Å². The van der Waals surface area contributed by atoms with Gasteiger partial charge in [-0.05, 0) is 44.2 Å². The molecule has 8 heteroatoms. The third-order valence-corrected chi connectivity index (χ3v) is 6.04. The first-order valence-electron chi connectivity index (χ1n) is 9.93. The maximum Gasteiger partial charge on any atom is 0.243 e. The third kappa shape index (κ3) is 2.47. The van der Waals surface area contributed by atoms with E-state index in [4.69, 9.17) is 0 Å². The molecule has 2 aromatic rings. The predicted octanol–water partition coefficient (Wildman–Crippen LogP) is 2.11. The Bertz CT molecular complexity index is 919. The Labute approximate surface area is 163 Å². The lowest BCUT2D eigenvalue weighted by Gasteiger charge is -2.28. The van der Waals surface area contributed by atoms with Crippen molar-refractivity contribution in [3.05, 3.63) is 29.7 Å². The highest BCUT2D eigenvalue weighted by molar-refractivity contribution is 6.15. The number of pyridine rings is 1. The molecule has 4 heterocycles. The number of carbonyl (C=O) groups is 1. The number of nitrogens with one attached hydrogen (secondary N) is 1. The molecule has 1 aliphatic carbocycles. The zero-order valence-corrected chi connectivity index (χ0v) is 16.0. The van der Waals surface area contributed by atoms with E-state index in [0.717, 1.165) is 37.3 Å². The van der Waals surface area contributed by atoms with Crippen LogP contribution in [0.3, 0.4) is 0 Å². The van der Waals surface area contributed by atoms with Crippen LogP contribution in [0, 0.1) is 0 Å². The zero-order valence-electron chi connectivity index (χ0n) is 16.0. The van der Waals surface area contributed by atoms with Crippen LogP contribution in [0.25, 0.3) is 0 Å². The third-order valence-electron chi connectivity index (χ3n) is 6.04. The number of anilines is 4. The molecule has 0 radical (unpaired) electrons. The van der Waals surface area contributed by atoms with Gasteiger partial charge in [0.25, 0.3) is 0 Å². The van der Waals surface area contributed by atoms with Gasteiger partial charge in [-0.3, -0.25) is 9.69 Å². The molecule has 2 N–H and O–H groups in total. The Morgan fingerprint density at radius 3 is 2.57 bits per heavy atom. The number of amides is 1. The summed E-state index contributed by atoms with van der Waals surface area (Å²) in [7, 11) is 1.78. The molecule has 1 amide bonds. The molecule has 28 heavy (non-hydrogen) atoms. The van der Waals surface area contributed by atoms with Crippen LogP contribution in [0.2, 0.25) is 0 Å². The molecule has 3 aliphatic rings. The summed E-state index contributed by atoms with van der Waals surface area (Å²) >= 11 is 0. The lowest BCUT2D eigenvalue weighted by atomic mass is 9.99. The lowest BCUT2D eigenvalue weighted by molar-refractivity contribution is -0.119. The Kier molecular flexibility index (Phi) is 3.97. The number of piperidine rings is 1. The van der Waals surface area contributed by atoms with Crippen LogP contribution in [0.15, 0.2) is 18.3 Å². The molecule has 146 valence electrons. The Morgan fingerprint density at radius 1 is 1.18 bits per heavy atom. The van der Waals surface area contributed by atoms with Crippen LogP contribution in [0.1, 0.15) is 43.5 Å². The second-order valence-electron chi connectivity index (χ2n) is 7.74. The Balaban J connectivity index is 1.55. The van der Waals surface area contributed by atoms with E-state index in [2.05, 4.69) is 25.2 Å². The van der Waals surface area contributed by atoms with E-state index in [1.165, 1.54) is 19.3 Å². The average Bonchev–Trinajstić information content (AvgIpc) is 3.51. The monoisotopic (exact) mass is 380 g/mol. The highest BCUT2D eigenvalue weighted by atomic mass is 16.3. The number of nitrogens with zero attached hydrogens (tertiary/aromatic N) is 5. The number of hydrogen-bond acceptors (Lipinski definition) is 7. The van der Waals surface area contributed by atoms with Crippen molar-refractivity contribution in [2.45, 2.75) is 44.1 Å². The number of aliphatic hydroxyl groups is 1. The van der Waals surface area contributed by atoms with Crippen LogP contribution < -0.4 is 15.1 Å². The number of aliphatic hydroxyl groups excluding tert-OH is 1. The summed E-state index contributed by atoms with van der Waals surface area (Å²) < 4.78 is 0. The van der Waals surface area contributed by atoms with Crippen LogP contribution in [-0.2, 0) is 16.8 Å². The minimum Gasteiger partial charge on any atom is -0.388 e. The van der Waals surface area contributed by atoms with Gasteiger partial charge in [0.1, 0.15) is 24.1 Å². The van der Waals surface area contributed by atoms with Crippen molar-refractivity contribution < 1.29 is 9.90 Å². The maximum absolute atomic E-state index is 13.3. The fourth-order valence-electron chi connectivity index (χ4n) is 4.41. The van der Waals surface area contributed by atoms with Gasteiger partial charge in [0.05, 0.1) is 22.9 Å². The molecule has 8 nitrogen and oxygen atoms in total. The van der Waals surface area contributed by atoms with Gasteiger partial charge in [-0.2, -0.15) is 0 Å².